The number of carbonyl (C=O) groups excluding carboxylic acids is 3. The first-order valence-corrected chi connectivity index (χ1v) is 34.6. The van der Waals surface area contributed by atoms with E-state index in [0.29, 0.717) is 19.3 Å². The smallest absolute Gasteiger partial charge is 0.306 e. The number of hydrogen-bond acceptors (Lipinski definition) is 6. The molecule has 0 aromatic carbocycles. The monoisotopic (exact) mass is 1090 g/mol. The van der Waals surface area contributed by atoms with E-state index < -0.39 is 6.10 Å². The Hall–Kier alpha value is -2.63. The van der Waals surface area contributed by atoms with Crippen LogP contribution in [0.25, 0.3) is 0 Å². The Labute approximate surface area is 486 Å². The Morgan fingerprint density at radius 3 is 0.782 bits per heavy atom. The molecule has 0 aromatic rings. The fraction of sp³-hybridized carbons (Fsp3) is 0.847. The van der Waals surface area contributed by atoms with E-state index in [1.807, 2.05) is 0 Å². The van der Waals surface area contributed by atoms with Gasteiger partial charge >= 0.3 is 17.9 Å². The first-order chi connectivity index (χ1) is 38.5. The van der Waals surface area contributed by atoms with Gasteiger partial charge in [0.05, 0.1) is 0 Å². The van der Waals surface area contributed by atoms with Crippen molar-refractivity contribution in [3.05, 3.63) is 48.6 Å². The highest BCUT2D eigenvalue weighted by Crippen LogP contribution is 2.19. The van der Waals surface area contributed by atoms with Crippen molar-refractivity contribution in [2.24, 2.45) is 0 Å². The standard InChI is InChI=1S/C72H132O6/c1-4-7-10-13-16-18-20-22-24-26-28-29-30-31-32-33-34-35-36-37-38-39-40-41-42-44-45-47-49-51-53-56-59-62-65-71(74)77-68-69(67-76-70(73)64-61-58-55-15-12-9-6-3)78-72(75)66-63-60-57-54-52-50-48-46-43-27-25-23-21-19-17-14-11-8-5-2/h8,11,17,19,23,25,43,46,69H,4-7,9-10,12-16,18,20-22,24,26-42,44-45,47-68H2,1-3H3/b11-8-,19-17-,25-23-,46-43-. The molecule has 1 unspecified atom stereocenters. The lowest BCUT2D eigenvalue weighted by atomic mass is 10.0. The SMILES string of the molecule is CC/C=C\C/C=C\C/C=C\C/C=C\CCCCCCCCC(=O)OC(COC(=O)CCCCCCCCC)COC(=O)CCCCCCCCCCCCCCCCCCCCCCCCCCCCCCCCCCCC. The molecule has 0 bridgehead atoms. The Morgan fingerprint density at radius 2 is 0.500 bits per heavy atom. The Bertz CT molecular complexity index is 1350. The van der Waals surface area contributed by atoms with Gasteiger partial charge in [-0.3, -0.25) is 14.4 Å². The van der Waals surface area contributed by atoms with Crippen molar-refractivity contribution in [1.29, 1.82) is 0 Å². The van der Waals surface area contributed by atoms with E-state index in [2.05, 4.69) is 69.4 Å². The van der Waals surface area contributed by atoms with Crippen LogP contribution < -0.4 is 0 Å². The first-order valence-electron chi connectivity index (χ1n) is 34.6. The minimum Gasteiger partial charge on any atom is -0.462 e. The van der Waals surface area contributed by atoms with Crippen LogP contribution in [0.3, 0.4) is 0 Å². The highest BCUT2D eigenvalue weighted by atomic mass is 16.6. The molecule has 0 saturated carbocycles. The van der Waals surface area contributed by atoms with Crippen molar-refractivity contribution >= 4 is 17.9 Å². The lowest BCUT2D eigenvalue weighted by Gasteiger charge is -2.18. The zero-order valence-electron chi connectivity index (χ0n) is 52.5. The summed E-state index contributed by atoms with van der Waals surface area (Å²) in [4.78, 5) is 38.1. The molecule has 0 heterocycles. The van der Waals surface area contributed by atoms with Crippen LogP contribution in [-0.4, -0.2) is 37.2 Å². The number of allylic oxidation sites excluding steroid dienone is 8. The summed E-state index contributed by atoms with van der Waals surface area (Å²) in [6, 6.07) is 0. The maximum absolute atomic E-state index is 12.9. The van der Waals surface area contributed by atoms with Crippen LogP contribution in [0, 0.1) is 0 Å². The van der Waals surface area contributed by atoms with E-state index in [-0.39, 0.29) is 31.1 Å². The summed E-state index contributed by atoms with van der Waals surface area (Å²) in [7, 11) is 0. The van der Waals surface area contributed by atoms with E-state index in [9.17, 15) is 14.4 Å². The zero-order chi connectivity index (χ0) is 56.4. The summed E-state index contributed by atoms with van der Waals surface area (Å²) in [6.45, 7) is 6.53. The second-order valence-electron chi connectivity index (χ2n) is 23.4. The summed E-state index contributed by atoms with van der Waals surface area (Å²) in [6.07, 6.45) is 84.7. The van der Waals surface area contributed by atoms with Crippen LogP contribution >= 0.6 is 0 Å². The summed E-state index contributed by atoms with van der Waals surface area (Å²) in [5.41, 5.74) is 0. The molecule has 0 radical (unpaired) electrons. The van der Waals surface area contributed by atoms with Gasteiger partial charge in [-0.25, -0.2) is 0 Å². The molecule has 0 N–H and O–H groups in total. The van der Waals surface area contributed by atoms with Crippen LogP contribution in [0.4, 0.5) is 0 Å². The molecule has 0 aliphatic heterocycles. The summed E-state index contributed by atoms with van der Waals surface area (Å²) < 4.78 is 16.8. The van der Waals surface area contributed by atoms with Gasteiger partial charge in [0.2, 0.25) is 0 Å². The largest absolute Gasteiger partial charge is 0.462 e. The molecule has 0 amide bonds. The maximum Gasteiger partial charge on any atom is 0.306 e. The molecule has 0 aliphatic rings. The summed E-state index contributed by atoms with van der Waals surface area (Å²) in [5.74, 6) is -0.877. The van der Waals surface area contributed by atoms with Gasteiger partial charge < -0.3 is 14.2 Å². The van der Waals surface area contributed by atoms with Crippen molar-refractivity contribution in [3.8, 4) is 0 Å². The molecule has 0 saturated heterocycles. The van der Waals surface area contributed by atoms with Crippen molar-refractivity contribution < 1.29 is 28.6 Å². The van der Waals surface area contributed by atoms with Crippen molar-refractivity contribution in [1.82, 2.24) is 0 Å². The van der Waals surface area contributed by atoms with Gasteiger partial charge in [0.1, 0.15) is 13.2 Å². The lowest BCUT2D eigenvalue weighted by Crippen LogP contribution is -2.30. The highest BCUT2D eigenvalue weighted by molar-refractivity contribution is 5.71. The van der Waals surface area contributed by atoms with E-state index in [1.54, 1.807) is 0 Å². The third-order valence-electron chi connectivity index (χ3n) is 15.6. The molecular formula is C72H132O6. The zero-order valence-corrected chi connectivity index (χ0v) is 52.5. The number of carbonyl (C=O) groups is 3. The second kappa shape index (κ2) is 66.9. The van der Waals surface area contributed by atoms with Crippen LogP contribution in [0.5, 0.6) is 0 Å². The second-order valence-corrected chi connectivity index (χ2v) is 23.4. The van der Waals surface area contributed by atoms with Crippen molar-refractivity contribution in [2.75, 3.05) is 13.2 Å². The minimum atomic E-state index is -0.777. The highest BCUT2D eigenvalue weighted by Gasteiger charge is 2.19. The van der Waals surface area contributed by atoms with Crippen molar-refractivity contribution in [2.45, 2.75) is 380 Å². The number of rotatable bonds is 64. The van der Waals surface area contributed by atoms with E-state index in [4.69, 9.17) is 14.2 Å². The quantitative estimate of drug-likeness (QED) is 0.0261. The average Bonchev–Trinajstić information content (AvgIpc) is 3.44. The molecule has 0 rings (SSSR count). The van der Waals surface area contributed by atoms with Crippen LogP contribution in [0.15, 0.2) is 48.6 Å². The summed E-state index contributed by atoms with van der Waals surface area (Å²) >= 11 is 0. The molecule has 0 fully saturated rings. The van der Waals surface area contributed by atoms with E-state index in [0.717, 1.165) is 96.3 Å². The van der Waals surface area contributed by atoms with Gasteiger partial charge in [-0.15, -0.1) is 0 Å². The van der Waals surface area contributed by atoms with Crippen LogP contribution in [0.1, 0.15) is 374 Å². The third kappa shape index (κ3) is 64.2. The Kier molecular flexibility index (Phi) is 64.6. The molecule has 0 spiro atoms. The Balaban J connectivity index is 3.96. The normalized spacial score (nSPS) is 12.3. The van der Waals surface area contributed by atoms with Gasteiger partial charge in [-0.05, 0) is 57.8 Å². The lowest BCUT2D eigenvalue weighted by molar-refractivity contribution is -0.167. The van der Waals surface area contributed by atoms with Crippen molar-refractivity contribution in [3.63, 3.8) is 0 Å². The third-order valence-corrected chi connectivity index (χ3v) is 15.6. The topological polar surface area (TPSA) is 78.9 Å². The van der Waals surface area contributed by atoms with Gasteiger partial charge in [0.25, 0.3) is 0 Å². The maximum atomic E-state index is 12.9. The predicted octanol–water partition coefficient (Wildman–Crippen LogP) is 23.7. The fourth-order valence-electron chi connectivity index (χ4n) is 10.4. The molecule has 6 heteroatoms. The number of esters is 3. The number of ether oxygens (including phenoxy) is 3. The van der Waals surface area contributed by atoms with Gasteiger partial charge in [0, 0.05) is 19.3 Å². The van der Waals surface area contributed by atoms with Gasteiger partial charge in [0.15, 0.2) is 6.10 Å². The van der Waals surface area contributed by atoms with Crippen LogP contribution in [0.2, 0.25) is 0 Å². The molecule has 456 valence electrons. The average molecular weight is 1090 g/mol. The van der Waals surface area contributed by atoms with E-state index in [1.165, 1.54) is 238 Å². The Morgan fingerprint density at radius 1 is 0.269 bits per heavy atom. The summed E-state index contributed by atoms with van der Waals surface area (Å²) in [5, 5.41) is 0. The fourth-order valence-corrected chi connectivity index (χ4v) is 10.4. The number of hydrogen-bond donors (Lipinski definition) is 0. The molecular weight excluding hydrogens is 961 g/mol. The van der Waals surface area contributed by atoms with E-state index >= 15 is 0 Å². The predicted molar refractivity (Wildman–Crippen MR) is 339 cm³/mol. The molecule has 6 nitrogen and oxygen atoms in total. The van der Waals surface area contributed by atoms with Gasteiger partial charge in [-0.1, -0.05) is 345 Å². The molecule has 0 aliphatic carbocycles. The molecule has 1 atom stereocenters. The molecule has 78 heavy (non-hydrogen) atoms. The first kappa shape index (κ1) is 75.4. The minimum absolute atomic E-state index is 0.0752. The van der Waals surface area contributed by atoms with Gasteiger partial charge in [-0.2, -0.15) is 0 Å². The number of unbranched alkanes of at least 4 members (excludes halogenated alkanes) is 45. The molecule has 0 aromatic heterocycles. The van der Waals surface area contributed by atoms with Crippen LogP contribution in [-0.2, 0) is 28.6 Å².